The fourth-order valence-corrected chi connectivity index (χ4v) is 6.71. The van der Waals surface area contributed by atoms with Gasteiger partial charge in [0, 0.05) is 16.8 Å². The Labute approximate surface area is 251 Å². The van der Waals surface area contributed by atoms with Crippen molar-refractivity contribution in [1.82, 2.24) is 0 Å². The first-order valence-electron chi connectivity index (χ1n) is 13.8. The van der Waals surface area contributed by atoms with Gasteiger partial charge < -0.3 is 14.8 Å². The number of methoxy groups -OCH3 is 1. The molecule has 5 nitrogen and oxygen atoms in total. The quantitative estimate of drug-likeness (QED) is 0.209. The van der Waals surface area contributed by atoms with Gasteiger partial charge in [-0.1, -0.05) is 80.9 Å². The molecule has 1 amide bonds. The third-order valence-corrected chi connectivity index (χ3v) is 8.98. The average molecular weight is 587 g/mol. The SMILES string of the molecule is COc1cc(C=Nc2sc3c(c2C(=O)Nc2ccccc2)CC[C@@H](C(C)(C)C)C3)cc(Cl)c1OCc1ccccc1. The Bertz CT molecular complexity index is 1540. The lowest BCUT2D eigenvalue weighted by molar-refractivity contribution is 0.102. The predicted molar refractivity (Wildman–Crippen MR) is 170 cm³/mol. The van der Waals surface area contributed by atoms with Crippen molar-refractivity contribution in [2.75, 3.05) is 12.4 Å². The first-order valence-corrected chi connectivity index (χ1v) is 15.0. The first kappa shape index (κ1) is 28.9. The molecule has 0 saturated heterocycles. The second-order valence-corrected chi connectivity index (χ2v) is 12.9. The summed E-state index contributed by atoms with van der Waals surface area (Å²) in [6, 6.07) is 23.1. The Morgan fingerprint density at radius 3 is 2.49 bits per heavy atom. The van der Waals surface area contributed by atoms with Crippen LogP contribution in [0.25, 0.3) is 0 Å². The molecule has 0 radical (unpaired) electrons. The highest BCUT2D eigenvalue weighted by Crippen LogP contribution is 2.45. The number of hydrogen-bond donors (Lipinski definition) is 1. The van der Waals surface area contributed by atoms with Crippen LogP contribution >= 0.6 is 22.9 Å². The van der Waals surface area contributed by atoms with Gasteiger partial charge in [-0.2, -0.15) is 0 Å². The van der Waals surface area contributed by atoms with Crippen LogP contribution < -0.4 is 14.8 Å². The van der Waals surface area contributed by atoms with E-state index in [1.54, 1.807) is 30.7 Å². The molecule has 0 saturated carbocycles. The Kier molecular flexibility index (Phi) is 8.81. The standard InChI is InChI=1S/C34H35ClN2O3S/c1-34(2,3)24-15-16-26-29(19-24)41-33(30(26)32(38)37-25-13-9-6-10-14-25)36-20-23-17-27(35)31(28(18-23)39-4)40-21-22-11-7-5-8-12-22/h5-14,17-18,20,24H,15-16,19,21H2,1-4H3,(H,37,38)/t24-/m1/s1. The first-order chi connectivity index (χ1) is 19.7. The van der Waals surface area contributed by atoms with Gasteiger partial charge in [-0.05, 0) is 71.6 Å². The van der Waals surface area contributed by atoms with Gasteiger partial charge in [0.2, 0.25) is 0 Å². The molecule has 1 atom stereocenters. The molecule has 212 valence electrons. The average Bonchev–Trinajstić information content (AvgIpc) is 3.33. The Hall–Kier alpha value is -3.61. The van der Waals surface area contributed by atoms with E-state index in [1.807, 2.05) is 66.7 Å². The van der Waals surface area contributed by atoms with E-state index in [2.05, 4.69) is 26.1 Å². The number of aliphatic imine (C=N–C) groups is 1. The Morgan fingerprint density at radius 2 is 1.80 bits per heavy atom. The molecule has 3 aromatic carbocycles. The molecule has 1 aromatic heterocycles. The molecule has 0 fully saturated rings. The molecule has 1 N–H and O–H groups in total. The molecule has 5 rings (SSSR count). The Balaban J connectivity index is 1.45. The normalized spacial score (nSPS) is 15.0. The summed E-state index contributed by atoms with van der Waals surface area (Å²) < 4.78 is 11.6. The summed E-state index contributed by atoms with van der Waals surface area (Å²) in [6.07, 6.45) is 4.62. The zero-order chi connectivity index (χ0) is 29.0. The highest BCUT2D eigenvalue weighted by Gasteiger charge is 2.33. The van der Waals surface area contributed by atoms with Crippen LogP contribution in [-0.4, -0.2) is 19.2 Å². The van der Waals surface area contributed by atoms with Crippen LogP contribution in [0, 0.1) is 11.3 Å². The maximum atomic E-state index is 13.6. The van der Waals surface area contributed by atoms with Crippen molar-refractivity contribution < 1.29 is 14.3 Å². The molecule has 41 heavy (non-hydrogen) atoms. The number of anilines is 1. The number of ether oxygens (including phenoxy) is 2. The maximum absolute atomic E-state index is 13.6. The molecule has 0 spiro atoms. The Morgan fingerprint density at radius 1 is 1.10 bits per heavy atom. The number of nitrogens with zero attached hydrogens (tertiary/aromatic N) is 1. The van der Waals surface area contributed by atoms with Crippen LogP contribution in [-0.2, 0) is 19.4 Å². The molecule has 0 aliphatic heterocycles. The number of amides is 1. The van der Waals surface area contributed by atoms with Gasteiger partial charge in [-0.15, -0.1) is 11.3 Å². The zero-order valence-corrected chi connectivity index (χ0v) is 25.4. The van der Waals surface area contributed by atoms with Gasteiger partial charge in [-0.25, -0.2) is 4.99 Å². The van der Waals surface area contributed by atoms with Crippen molar-refractivity contribution in [1.29, 1.82) is 0 Å². The summed E-state index contributed by atoms with van der Waals surface area (Å²) in [5.74, 6) is 1.44. The van der Waals surface area contributed by atoms with Crippen molar-refractivity contribution in [2.24, 2.45) is 16.3 Å². The van der Waals surface area contributed by atoms with E-state index >= 15 is 0 Å². The van der Waals surface area contributed by atoms with Crippen LogP contribution in [0.3, 0.4) is 0 Å². The minimum Gasteiger partial charge on any atom is -0.493 e. The third kappa shape index (κ3) is 6.83. The van der Waals surface area contributed by atoms with Crippen molar-refractivity contribution in [3.63, 3.8) is 0 Å². The summed E-state index contributed by atoms with van der Waals surface area (Å²) in [6.45, 7) is 7.26. The van der Waals surface area contributed by atoms with Gasteiger partial charge in [0.1, 0.15) is 11.6 Å². The molecular weight excluding hydrogens is 552 g/mol. The number of fused-ring (bicyclic) bond motifs is 1. The van der Waals surface area contributed by atoms with Crippen molar-refractivity contribution in [2.45, 2.75) is 46.6 Å². The summed E-state index contributed by atoms with van der Waals surface area (Å²) in [5, 5.41) is 4.21. The number of carbonyl (C=O) groups is 1. The summed E-state index contributed by atoms with van der Waals surface area (Å²) in [7, 11) is 1.59. The van der Waals surface area contributed by atoms with E-state index in [4.69, 9.17) is 26.1 Å². The van der Waals surface area contributed by atoms with Crippen LogP contribution in [0.5, 0.6) is 11.5 Å². The van der Waals surface area contributed by atoms with Crippen LogP contribution in [0.15, 0.2) is 77.8 Å². The highest BCUT2D eigenvalue weighted by atomic mass is 35.5. The molecule has 1 aliphatic carbocycles. The third-order valence-electron chi connectivity index (χ3n) is 7.54. The smallest absolute Gasteiger partial charge is 0.259 e. The second-order valence-electron chi connectivity index (χ2n) is 11.4. The summed E-state index contributed by atoms with van der Waals surface area (Å²) in [5.41, 5.74) is 4.54. The minimum atomic E-state index is -0.129. The largest absolute Gasteiger partial charge is 0.493 e. The number of para-hydroxylation sites is 1. The second kappa shape index (κ2) is 12.5. The molecule has 1 heterocycles. The monoisotopic (exact) mass is 586 g/mol. The lowest BCUT2D eigenvalue weighted by Crippen LogP contribution is -2.27. The van der Waals surface area contributed by atoms with E-state index in [-0.39, 0.29) is 11.3 Å². The molecule has 1 aliphatic rings. The van der Waals surface area contributed by atoms with E-state index in [0.29, 0.717) is 39.6 Å². The fraction of sp³-hybridized carbons (Fsp3) is 0.294. The lowest BCUT2D eigenvalue weighted by Gasteiger charge is -2.33. The van der Waals surface area contributed by atoms with Gasteiger partial charge in [0.05, 0.1) is 17.7 Å². The van der Waals surface area contributed by atoms with E-state index in [9.17, 15) is 4.79 Å². The minimum absolute atomic E-state index is 0.129. The van der Waals surface area contributed by atoms with E-state index < -0.39 is 0 Å². The molecule has 7 heteroatoms. The lowest BCUT2D eigenvalue weighted by atomic mass is 9.72. The molecule has 0 bridgehead atoms. The van der Waals surface area contributed by atoms with Crippen LogP contribution in [0.2, 0.25) is 5.02 Å². The highest BCUT2D eigenvalue weighted by molar-refractivity contribution is 7.16. The number of benzene rings is 3. The molecule has 4 aromatic rings. The summed E-state index contributed by atoms with van der Waals surface area (Å²) in [4.78, 5) is 19.7. The zero-order valence-electron chi connectivity index (χ0n) is 23.9. The number of halogens is 1. The van der Waals surface area contributed by atoms with Gasteiger partial charge >= 0.3 is 0 Å². The van der Waals surface area contributed by atoms with Crippen molar-refractivity contribution in [3.8, 4) is 11.5 Å². The molecular formula is C34H35ClN2O3S. The number of hydrogen-bond acceptors (Lipinski definition) is 5. The van der Waals surface area contributed by atoms with Crippen LogP contribution in [0.1, 0.15) is 59.1 Å². The van der Waals surface area contributed by atoms with Gasteiger partial charge in [0.25, 0.3) is 5.91 Å². The number of rotatable bonds is 8. The number of thiophene rings is 1. The number of nitrogens with one attached hydrogen (secondary N) is 1. The van der Waals surface area contributed by atoms with Crippen LogP contribution in [0.4, 0.5) is 10.7 Å². The van der Waals surface area contributed by atoms with E-state index in [1.165, 1.54) is 4.88 Å². The van der Waals surface area contributed by atoms with Crippen molar-refractivity contribution >= 4 is 45.7 Å². The summed E-state index contributed by atoms with van der Waals surface area (Å²) >= 11 is 8.26. The van der Waals surface area contributed by atoms with E-state index in [0.717, 1.165) is 41.6 Å². The van der Waals surface area contributed by atoms with Crippen molar-refractivity contribution in [3.05, 3.63) is 105 Å². The van der Waals surface area contributed by atoms with Gasteiger partial charge in [-0.3, -0.25) is 4.79 Å². The molecule has 0 unspecified atom stereocenters. The number of carbonyl (C=O) groups excluding carboxylic acids is 1. The maximum Gasteiger partial charge on any atom is 0.259 e. The fourth-order valence-electron chi connectivity index (χ4n) is 5.17. The predicted octanol–water partition coefficient (Wildman–Crippen LogP) is 9.14. The van der Waals surface area contributed by atoms with Gasteiger partial charge in [0.15, 0.2) is 11.5 Å². The topological polar surface area (TPSA) is 59.9 Å².